The van der Waals surface area contributed by atoms with Gasteiger partial charge in [0.2, 0.25) is 0 Å². The molecule has 3 nitrogen and oxygen atoms in total. The molecular weight excluding hydrogens is 176 g/mol. The number of benzene rings is 1. The molecular formula is C11H12N2O. The summed E-state index contributed by atoms with van der Waals surface area (Å²) >= 11 is 0. The molecule has 0 bridgehead atoms. The molecule has 0 amide bonds. The first-order valence-electron chi connectivity index (χ1n) is 4.84. The van der Waals surface area contributed by atoms with Gasteiger partial charge in [0.25, 0.3) is 0 Å². The zero-order valence-electron chi connectivity index (χ0n) is 7.79. The van der Waals surface area contributed by atoms with Crippen molar-refractivity contribution >= 4 is 10.9 Å². The van der Waals surface area contributed by atoms with Crippen molar-refractivity contribution in [1.82, 2.24) is 4.98 Å². The fourth-order valence-corrected chi connectivity index (χ4v) is 1.96. The van der Waals surface area contributed by atoms with Gasteiger partial charge in [-0.2, -0.15) is 0 Å². The van der Waals surface area contributed by atoms with Gasteiger partial charge in [-0.1, -0.05) is 0 Å². The molecule has 0 aliphatic carbocycles. The van der Waals surface area contributed by atoms with Crippen LogP contribution in [0, 0.1) is 0 Å². The standard InChI is InChI=1S/C11H12N2O/c12-9-2-4-14-11-6-10-7(1-3-13-10)5-8(9)11/h1,3,5-6,9,13H,2,4,12H2/t9-/m0/s1. The monoisotopic (exact) mass is 188 g/mol. The van der Waals surface area contributed by atoms with Crippen LogP contribution in [0.4, 0.5) is 0 Å². The molecule has 0 saturated carbocycles. The Kier molecular flexibility index (Phi) is 1.55. The Labute approximate surface area is 81.9 Å². The van der Waals surface area contributed by atoms with Crippen LogP contribution in [-0.4, -0.2) is 11.6 Å². The number of rotatable bonds is 0. The number of ether oxygens (including phenoxy) is 1. The molecule has 14 heavy (non-hydrogen) atoms. The molecule has 2 aromatic rings. The summed E-state index contributed by atoms with van der Waals surface area (Å²) in [5, 5.41) is 1.20. The van der Waals surface area contributed by atoms with E-state index in [1.807, 2.05) is 12.3 Å². The number of nitrogens with two attached hydrogens (primary N) is 1. The van der Waals surface area contributed by atoms with Gasteiger partial charge < -0.3 is 15.5 Å². The number of hydrogen-bond acceptors (Lipinski definition) is 2. The van der Waals surface area contributed by atoms with E-state index < -0.39 is 0 Å². The van der Waals surface area contributed by atoms with Crippen molar-refractivity contribution in [2.24, 2.45) is 5.73 Å². The van der Waals surface area contributed by atoms with E-state index in [1.54, 1.807) is 0 Å². The highest BCUT2D eigenvalue weighted by atomic mass is 16.5. The highest BCUT2D eigenvalue weighted by molar-refractivity contribution is 5.82. The van der Waals surface area contributed by atoms with Crippen LogP contribution in [0.1, 0.15) is 18.0 Å². The van der Waals surface area contributed by atoms with Crippen molar-refractivity contribution in [1.29, 1.82) is 0 Å². The summed E-state index contributed by atoms with van der Waals surface area (Å²) in [5.41, 5.74) is 8.25. The Morgan fingerprint density at radius 3 is 3.29 bits per heavy atom. The van der Waals surface area contributed by atoms with E-state index in [0.29, 0.717) is 0 Å². The molecule has 3 rings (SSSR count). The van der Waals surface area contributed by atoms with Gasteiger partial charge in [-0.05, 0) is 17.5 Å². The van der Waals surface area contributed by atoms with Crippen molar-refractivity contribution in [2.75, 3.05) is 6.61 Å². The number of nitrogens with one attached hydrogen (secondary N) is 1. The average Bonchev–Trinajstić information content (AvgIpc) is 2.62. The predicted octanol–water partition coefficient (Wildman–Crippen LogP) is 1.95. The Morgan fingerprint density at radius 2 is 2.36 bits per heavy atom. The summed E-state index contributed by atoms with van der Waals surface area (Å²) < 4.78 is 5.57. The average molecular weight is 188 g/mol. The Hall–Kier alpha value is -1.48. The molecule has 1 aromatic heterocycles. The van der Waals surface area contributed by atoms with Crippen LogP contribution in [0.25, 0.3) is 10.9 Å². The second-order valence-electron chi connectivity index (χ2n) is 3.70. The molecule has 1 aromatic carbocycles. The van der Waals surface area contributed by atoms with Gasteiger partial charge in [0.05, 0.1) is 6.61 Å². The number of H-pyrrole nitrogens is 1. The summed E-state index contributed by atoms with van der Waals surface area (Å²) in [6.07, 6.45) is 2.84. The second-order valence-corrected chi connectivity index (χ2v) is 3.70. The van der Waals surface area contributed by atoms with E-state index in [-0.39, 0.29) is 6.04 Å². The highest BCUT2D eigenvalue weighted by Crippen LogP contribution is 2.33. The minimum absolute atomic E-state index is 0.123. The maximum Gasteiger partial charge on any atom is 0.126 e. The molecule has 1 atom stereocenters. The molecule has 1 aliphatic heterocycles. The Morgan fingerprint density at radius 1 is 1.43 bits per heavy atom. The van der Waals surface area contributed by atoms with Gasteiger partial charge in [0, 0.05) is 35.8 Å². The molecule has 3 N–H and O–H groups in total. The van der Waals surface area contributed by atoms with Crippen molar-refractivity contribution < 1.29 is 4.74 Å². The molecule has 2 heterocycles. The maximum absolute atomic E-state index is 6.02. The van der Waals surface area contributed by atoms with Gasteiger partial charge in [-0.3, -0.25) is 0 Å². The fraction of sp³-hybridized carbons (Fsp3) is 0.273. The zero-order chi connectivity index (χ0) is 9.54. The summed E-state index contributed by atoms with van der Waals surface area (Å²) in [6.45, 7) is 0.723. The van der Waals surface area contributed by atoms with E-state index in [4.69, 9.17) is 10.5 Å². The van der Waals surface area contributed by atoms with Crippen LogP contribution in [0.15, 0.2) is 24.4 Å². The van der Waals surface area contributed by atoms with Crippen molar-refractivity contribution in [2.45, 2.75) is 12.5 Å². The lowest BCUT2D eigenvalue weighted by molar-refractivity contribution is 0.269. The summed E-state index contributed by atoms with van der Waals surface area (Å²) in [4.78, 5) is 3.16. The van der Waals surface area contributed by atoms with Crippen LogP contribution >= 0.6 is 0 Å². The summed E-state index contributed by atoms with van der Waals surface area (Å²) in [6, 6.07) is 6.32. The topological polar surface area (TPSA) is 51.0 Å². The predicted molar refractivity (Wildman–Crippen MR) is 55.3 cm³/mol. The number of hydrogen-bond donors (Lipinski definition) is 2. The first-order valence-corrected chi connectivity index (χ1v) is 4.84. The first-order chi connectivity index (χ1) is 6.84. The molecule has 3 heteroatoms. The lowest BCUT2D eigenvalue weighted by Gasteiger charge is -2.22. The number of fused-ring (bicyclic) bond motifs is 2. The van der Waals surface area contributed by atoms with Crippen molar-refractivity contribution in [3.63, 3.8) is 0 Å². The van der Waals surface area contributed by atoms with Crippen LogP contribution < -0.4 is 10.5 Å². The van der Waals surface area contributed by atoms with Crippen LogP contribution in [0.2, 0.25) is 0 Å². The molecule has 0 unspecified atom stereocenters. The van der Waals surface area contributed by atoms with Crippen LogP contribution in [0.3, 0.4) is 0 Å². The van der Waals surface area contributed by atoms with Gasteiger partial charge in [-0.15, -0.1) is 0 Å². The number of aromatic nitrogens is 1. The van der Waals surface area contributed by atoms with E-state index in [2.05, 4.69) is 17.1 Å². The third-order valence-corrected chi connectivity index (χ3v) is 2.77. The third kappa shape index (κ3) is 1.02. The molecule has 0 saturated heterocycles. The quantitative estimate of drug-likeness (QED) is 0.664. The van der Waals surface area contributed by atoms with Gasteiger partial charge in [0.15, 0.2) is 0 Å². The molecule has 0 spiro atoms. The van der Waals surface area contributed by atoms with Crippen LogP contribution in [-0.2, 0) is 0 Å². The minimum atomic E-state index is 0.123. The van der Waals surface area contributed by atoms with E-state index in [9.17, 15) is 0 Å². The third-order valence-electron chi connectivity index (χ3n) is 2.77. The summed E-state index contributed by atoms with van der Waals surface area (Å²) in [5.74, 6) is 0.929. The normalized spacial score (nSPS) is 20.5. The van der Waals surface area contributed by atoms with Crippen molar-refractivity contribution in [3.05, 3.63) is 30.0 Å². The van der Waals surface area contributed by atoms with E-state index >= 15 is 0 Å². The molecule has 0 radical (unpaired) electrons. The molecule has 0 fully saturated rings. The maximum atomic E-state index is 6.02. The second kappa shape index (κ2) is 2.75. The smallest absolute Gasteiger partial charge is 0.126 e. The first kappa shape index (κ1) is 7.88. The lowest BCUT2D eigenvalue weighted by atomic mass is 10.00. The molecule has 1 aliphatic rings. The van der Waals surface area contributed by atoms with Gasteiger partial charge in [-0.25, -0.2) is 0 Å². The van der Waals surface area contributed by atoms with E-state index in [1.165, 1.54) is 5.39 Å². The highest BCUT2D eigenvalue weighted by Gasteiger charge is 2.18. The number of aromatic amines is 1. The van der Waals surface area contributed by atoms with Gasteiger partial charge in [0.1, 0.15) is 5.75 Å². The summed E-state index contributed by atoms with van der Waals surface area (Å²) in [7, 11) is 0. The van der Waals surface area contributed by atoms with E-state index in [0.717, 1.165) is 29.9 Å². The van der Waals surface area contributed by atoms with Crippen molar-refractivity contribution in [3.8, 4) is 5.75 Å². The fourth-order valence-electron chi connectivity index (χ4n) is 1.96. The van der Waals surface area contributed by atoms with Gasteiger partial charge >= 0.3 is 0 Å². The Bertz CT molecular complexity index is 475. The Balaban J connectivity index is 2.27. The molecule has 72 valence electrons. The lowest BCUT2D eigenvalue weighted by Crippen LogP contribution is -2.20. The largest absolute Gasteiger partial charge is 0.493 e. The van der Waals surface area contributed by atoms with Crippen LogP contribution in [0.5, 0.6) is 5.75 Å². The minimum Gasteiger partial charge on any atom is -0.493 e. The zero-order valence-corrected chi connectivity index (χ0v) is 7.79. The SMILES string of the molecule is N[C@H]1CCOc2cc3[nH]ccc3cc21.